The third-order valence-electron chi connectivity index (χ3n) is 4.43. The van der Waals surface area contributed by atoms with Crippen molar-refractivity contribution in [3.05, 3.63) is 59.5 Å². The summed E-state index contributed by atoms with van der Waals surface area (Å²) in [6.45, 7) is 8.59. The van der Waals surface area contributed by atoms with Crippen LogP contribution in [0.2, 0.25) is 0 Å². The quantitative estimate of drug-likeness (QED) is 0.649. The number of pyridine rings is 2. The Balaban J connectivity index is 2.35. The van der Waals surface area contributed by atoms with Gasteiger partial charge in [0.2, 0.25) is 5.69 Å². The Morgan fingerprint density at radius 2 is 2.00 bits per heavy atom. The second-order valence-corrected chi connectivity index (χ2v) is 6.79. The van der Waals surface area contributed by atoms with Gasteiger partial charge in [-0.05, 0) is 47.9 Å². The Kier molecular flexibility index (Phi) is 3.82. The van der Waals surface area contributed by atoms with Crippen molar-refractivity contribution in [2.45, 2.75) is 34.1 Å². The lowest BCUT2D eigenvalue weighted by atomic mass is 9.96. The monoisotopic (exact) mass is 306 g/mol. The molecule has 0 atom stereocenters. The highest BCUT2D eigenvalue weighted by Crippen LogP contribution is 2.29. The van der Waals surface area contributed by atoms with Gasteiger partial charge in [-0.3, -0.25) is 4.98 Å². The molecule has 0 amide bonds. The van der Waals surface area contributed by atoms with Gasteiger partial charge in [0, 0.05) is 25.4 Å². The molecular weight excluding hydrogens is 280 g/mol. The van der Waals surface area contributed by atoms with Crippen LogP contribution in [0.5, 0.6) is 0 Å². The van der Waals surface area contributed by atoms with Gasteiger partial charge in [-0.25, -0.2) is 0 Å². The predicted molar refractivity (Wildman–Crippen MR) is 96.4 cm³/mol. The van der Waals surface area contributed by atoms with Crippen molar-refractivity contribution in [2.24, 2.45) is 13.0 Å². The molecule has 23 heavy (non-hydrogen) atoms. The van der Waals surface area contributed by atoms with Gasteiger partial charge in [-0.2, -0.15) is 4.57 Å². The molecule has 0 N–H and O–H groups in total. The number of rotatable bonds is 3. The van der Waals surface area contributed by atoms with Crippen LogP contribution in [0.3, 0.4) is 0 Å². The van der Waals surface area contributed by atoms with Crippen molar-refractivity contribution in [3.8, 4) is 11.3 Å². The third kappa shape index (κ3) is 2.98. The molecule has 3 rings (SSSR count). The lowest BCUT2D eigenvalue weighted by molar-refractivity contribution is -0.665. The predicted octanol–water partition coefficient (Wildman–Crippen LogP) is 4.54. The van der Waals surface area contributed by atoms with E-state index in [1.165, 1.54) is 11.1 Å². The van der Waals surface area contributed by atoms with Crippen LogP contribution in [0.15, 0.2) is 42.7 Å². The summed E-state index contributed by atoms with van der Waals surface area (Å²) < 4.78 is 10.7. The number of fused-ring (bicyclic) bond motifs is 1. The molecule has 0 saturated carbocycles. The van der Waals surface area contributed by atoms with Gasteiger partial charge in [-0.1, -0.05) is 26.0 Å². The van der Waals surface area contributed by atoms with Gasteiger partial charge in [0.05, 0.1) is 12.3 Å². The largest absolute Gasteiger partial charge is 0.264 e. The van der Waals surface area contributed by atoms with Crippen molar-refractivity contribution >= 4 is 10.8 Å². The summed E-state index contributed by atoms with van der Waals surface area (Å²) in [5, 5.41) is 2.15. The van der Waals surface area contributed by atoms with Crippen molar-refractivity contribution in [2.75, 3.05) is 0 Å². The number of aryl methyl sites for hydroxylation is 1. The molecule has 3 aromatic rings. The van der Waals surface area contributed by atoms with E-state index >= 15 is 0 Å². The molecule has 2 aromatic heterocycles. The third-order valence-corrected chi connectivity index (χ3v) is 4.43. The molecule has 0 unspecified atom stereocenters. The first kappa shape index (κ1) is 14.4. The van der Waals surface area contributed by atoms with Gasteiger partial charge in [0.1, 0.15) is 7.05 Å². The molecule has 0 aliphatic rings. The SMILES string of the molecule is [2H]c1c(C)[n+](C)c(-c2cnccc2C)c2ccc(CC(C)C)cc12. The molecule has 0 fully saturated rings. The maximum absolute atomic E-state index is 8.58. The van der Waals surface area contributed by atoms with Gasteiger partial charge < -0.3 is 0 Å². The summed E-state index contributed by atoms with van der Waals surface area (Å²) in [5.74, 6) is 0.609. The average molecular weight is 306 g/mol. The smallest absolute Gasteiger partial charge is 0.222 e. The zero-order chi connectivity index (χ0) is 17.4. The summed E-state index contributed by atoms with van der Waals surface area (Å²) in [6, 6.07) is 9.22. The highest BCUT2D eigenvalue weighted by atomic mass is 14.9. The van der Waals surface area contributed by atoms with E-state index < -0.39 is 0 Å². The molecule has 2 nitrogen and oxygen atoms in total. The first-order valence-corrected chi connectivity index (χ1v) is 8.23. The van der Waals surface area contributed by atoms with Crippen LogP contribution in [0.4, 0.5) is 0 Å². The summed E-state index contributed by atoms with van der Waals surface area (Å²) in [7, 11) is 2.04. The van der Waals surface area contributed by atoms with E-state index in [0.29, 0.717) is 12.0 Å². The summed E-state index contributed by atoms with van der Waals surface area (Å²) in [5.41, 5.74) is 5.74. The van der Waals surface area contributed by atoms with Crippen LogP contribution in [-0.4, -0.2) is 4.98 Å². The highest BCUT2D eigenvalue weighted by molar-refractivity contribution is 5.94. The Morgan fingerprint density at radius 3 is 2.70 bits per heavy atom. The zero-order valence-electron chi connectivity index (χ0n) is 15.6. The molecule has 0 spiro atoms. The van der Waals surface area contributed by atoms with Crippen LogP contribution in [0.1, 0.15) is 32.0 Å². The molecule has 0 saturated heterocycles. The van der Waals surface area contributed by atoms with Gasteiger partial charge in [-0.15, -0.1) is 0 Å². The van der Waals surface area contributed by atoms with E-state index in [2.05, 4.69) is 48.5 Å². The Morgan fingerprint density at radius 1 is 1.22 bits per heavy atom. The number of hydrogen-bond donors (Lipinski definition) is 0. The Bertz CT molecular complexity index is 913. The van der Waals surface area contributed by atoms with Crippen LogP contribution < -0.4 is 4.57 Å². The van der Waals surface area contributed by atoms with E-state index in [0.717, 1.165) is 34.1 Å². The van der Waals surface area contributed by atoms with Crippen LogP contribution >= 0.6 is 0 Å². The number of aromatic nitrogens is 2. The van der Waals surface area contributed by atoms with Crippen molar-refractivity contribution in [1.82, 2.24) is 4.98 Å². The number of nitrogens with zero attached hydrogens (tertiary/aromatic N) is 2. The fourth-order valence-corrected chi connectivity index (χ4v) is 3.16. The Hall–Kier alpha value is -2.22. The maximum Gasteiger partial charge on any atom is 0.222 e. The van der Waals surface area contributed by atoms with Gasteiger partial charge >= 0.3 is 0 Å². The zero-order valence-corrected chi connectivity index (χ0v) is 14.6. The van der Waals surface area contributed by atoms with Crippen molar-refractivity contribution < 1.29 is 5.94 Å². The number of hydrogen-bond acceptors (Lipinski definition) is 1. The van der Waals surface area contributed by atoms with E-state index in [1.54, 1.807) is 0 Å². The fourth-order valence-electron chi connectivity index (χ4n) is 3.16. The minimum absolute atomic E-state index is 0.609. The molecular formula is C21H25N2+. The molecule has 0 aliphatic heterocycles. The van der Waals surface area contributed by atoms with Crippen LogP contribution in [0.25, 0.3) is 22.0 Å². The topological polar surface area (TPSA) is 16.8 Å². The van der Waals surface area contributed by atoms with Crippen molar-refractivity contribution in [1.29, 1.82) is 0 Å². The molecule has 118 valence electrons. The van der Waals surface area contributed by atoms with Gasteiger partial charge in [0.25, 0.3) is 0 Å². The van der Waals surface area contributed by atoms with E-state index in [9.17, 15) is 0 Å². The molecule has 0 radical (unpaired) electrons. The molecule has 1 aromatic carbocycles. The summed E-state index contributed by atoms with van der Waals surface area (Å²) >= 11 is 0. The van der Waals surface area contributed by atoms with Gasteiger partial charge in [0.15, 0.2) is 5.69 Å². The fraction of sp³-hybridized carbons (Fsp3) is 0.333. The van der Waals surface area contributed by atoms with E-state index in [1.807, 2.05) is 32.4 Å². The second-order valence-electron chi connectivity index (χ2n) is 6.79. The summed E-state index contributed by atoms with van der Waals surface area (Å²) in [6.07, 6.45) is 4.79. The van der Waals surface area contributed by atoms with Crippen molar-refractivity contribution in [3.63, 3.8) is 0 Å². The van der Waals surface area contributed by atoms with E-state index in [4.69, 9.17) is 1.37 Å². The average Bonchev–Trinajstić information content (AvgIpc) is 2.54. The summed E-state index contributed by atoms with van der Waals surface area (Å²) in [4.78, 5) is 4.32. The second kappa shape index (κ2) is 6.11. The standard InChI is InChI=1S/C21H25N2/c1-14(2)10-17-6-7-19-18(12-17)11-16(4)23(5)21(19)20-13-22-9-8-15(20)3/h6-9,11-14H,10H2,1-5H3/q+1/i11D. The molecule has 2 heterocycles. The number of benzene rings is 1. The minimum atomic E-state index is 0.609. The molecule has 0 aliphatic carbocycles. The molecule has 0 bridgehead atoms. The van der Waals surface area contributed by atoms with Crippen LogP contribution in [-0.2, 0) is 13.5 Å². The first-order valence-electron chi connectivity index (χ1n) is 8.73. The van der Waals surface area contributed by atoms with Crippen LogP contribution in [0, 0.1) is 19.8 Å². The first-order chi connectivity index (χ1) is 11.4. The minimum Gasteiger partial charge on any atom is -0.264 e. The molecule has 2 heteroatoms. The maximum atomic E-state index is 8.58. The normalized spacial score (nSPS) is 12.0. The lowest BCUT2D eigenvalue weighted by Gasteiger charge is -2.11. The van der Waals surface area contributed by atoms with E-state index in [-0.39, 0.29) is 0 Å². The Labute approximate surface area is 140 Å². The highest BCUT2D eigenvalue weighted by Gasteiger charge is 2.19. The lowest BCUT2D eigenvalue weighted by Crippen LogP contribution is -2.35.